The standard InChI is InChI=1S/C13H26N2S/c1-3-11(2)9-12(15-14)10-16-13-7-5-4-6-8-13/h12-13,15H,2-10,14H2,1H3. The van der Waals surface area contributed by atoms with E-state index in [9.17, 15) is 0 Å². The van der Waals surface area contributed by atoms with Crippen molar-refractivity contribution in [2.24, 2.45) is 5.84 Å². The van der Waals surface area contributed by atoms with Gasteiger partial charge in [0, 0.05) is 17.0 Å². The molecule has 94 valence electrons. The summed E-state index contributed by atoms with van der Waals surface area (Å²) >= 11 is 2.10. The maximum Gasteiger partial charge on any atom is 0.0338 e. The SMILES string of the molecule is C=C(CC)CC(CSC1CCCCC1)NN. The minimum Gasteiger partial charge on any atom is -0.271 e. The molecule has 0 aromatic heterocycles. The number of nitrogens with one attached hydrogen (secondary N) is 1. The van der Waals surface area contributed by atoms with Crippen LogP contribution in [0, 0.1) is 0 Å². The van der Waals surface area contributed by atoms with Crippen molar-refractivity contribution < 1.29 is 0 Å². The molecule has 1 aliphatic rings. The largest absolute Gasteiger partial charge is 0.271 e. The first kappa shape index (κ1) is 14.1. The number of thioether (sulfide) groups is 1. The summed E-state index contributed by atoms with van der Waals surface area (Å²) < 4.78 is 0. The summed E-state index contributed by atoms with van der Waals surface area (Å²) in [6, 6.07) is 0.402. The van der Waals surface area contributed by atoms with Gasteiger partial charge in [0.15, 0.2) is 0 Å². The van der Waals surface area contributed by atoms with Gasteiger partial charge < -0.3 is 0 Å². The van der Waals surface area contributed by atoms with Gasteiger partial charge in [0.2, 0.25) is 0 Å². The molecular weight excluding hydrogens is 216 g/mol. The quantitative estimate of drug-likeness (QED) is 0.409. The molecule has 0 aromatic rings. The lowest BCUT2D eigenvalue weighted by atomic mass is 10.0. The van der Waals surface area contributed by atoms with Gasteiger partial charge in [-0.1, -0.05) is 38.3 Å². The molecule has 3 heteroatoms. The smallest absolute Gasteiger partial charge is 0.0338 e. The molecule has 0 aliphatic heterocycles. The molecule has 0 spiro atoms. The molecule has 1 aliphatic carbocycles. The molecule has 0 heterocycles. The number of nitrogens with two attached hydrogens (primary N) is 1. The van der Waals surface area contributed by atoms with Gasteiger partial charge in [-0.05, 0) is 25.7 Å². The fraction of sp³-hybridized carbons (Fsp3) is 0.846. The molecule has 0 aromatic carbocycles. The number of hydrazine groups is 1. The van der Waals surface area contributed by atoms with Gasteiger partial charge in [-0.25, -0.2) is 0 Å². The summed E-state index contributed by atoms with van der Waals surface area (Å²) in [5.41, 5.74) is 4.22. The lowest BCUT2D eigenvalue weighted by molar-refractivity contribution is 0.512. The minimum absolute atomic E-state index is 0.402. The summed E-state index contributed by atoms with van der Waals surface area (Å²) in [7, 11) is 0. The van der Waals surface area contributed by atoms with Crippen LogP contribution in [-0.2, 0) is 0 Å². The highest BCUT2D eigenvalue weighted by Gasteiger charge is 2.16. The highest BCUT2D eigenvalue weighted by molar-refractivity contribution is 7.99. The Morgan fingerprint density at radius 2 is 2.12 bits per heavy atom. The number of hydrogen-bond donors (Lipinski definition) is 2. The Morgan fingerprint density at radius 3 is 2.69 bits per heavy atom. The van der Waals surface area contributed by atoms with Gasteiger partial charge in [-0.2, -0.15) is 11.8 Å². The Morgan fingerprint density at radius 1 is 1.44 bits per heavy atom. The zero-order valence-corrected chi connectivity index (χ0v) is 11.3. The van der Waals surface area contributed by atoms with Crippen LogP contribution in [-0.4, -0.2) is 17.0 Å². The molecule has 1 rings (SSSR count). The number of hydrogen-bond acceptors (Lipinski definition) is 3. The average Bonchev–Trinajstić information content (AvgIpc) is 2.35. The first-order valence-corrected chi connectivity index (χ1v) is 7.55. The van der Waals surface area contributed by atoms with Crippen LogP contribution in [0.15, 0.2) is 12.2 Å². The van der Waals surface area contributed by atoms with Crippen molar-refractivity contribution in [1.29, 1.82) is 0 Å². The van der Waals surface area contributed by atoms with E-state index in [2.05, 4.69) is 30.7 Å². The molecule has 0 saturated heterocycles. The third-order valence-electron chi connectivity index (χ3n) is 3.36. The van der Waals surface area contributed by atoms with Crippen LogP contribution in [0.1, 0.15) is 51.9 Å². The normalized spacial score (nSPS) is 19.6. The monoisotopic (exact) mass is 242 g/mol. The molecule has 0 amide bonds. The Kier molecular flexibility index (Phi) is 7.17. The van der Waals surface area contributed by atoms with Crippen molar-refractivity contribution >= 4 is 11.8 Å². The van der Waals surface area contributed by atoms with Crippen LogP contribution < -0.4 is 11.3 Å². The maximum absolute atomic E-state index is 5.59. The Balaban J connectivity index is 2.19. The highest BCUT2D eigenvalue weighted by Crippen LogP contribution is 2.29. The van der Waals surface area contributed by atoms with Crippen molar-refractivity contribution in [2.75, 3.05) is 5.75 Å². The van der Waals surface area contributed by atoms with E-state index in [1.54, 1.807) is 0 Å². The minimum atomic E-state index is 0.402. The van der Waals surface area contributed by atoms with Crippen molar-refractivity contribution in [3.8, 4) is 0 Å². The Bertz CT molecular complexity index is 200. The lowest BCUT2D eigenvalue weighted by Gasteiger charge is -2.24. The van der Waals surface area contributed by atoms with Gasteiger partial charge in [0.25, 0.3) is 0 Å². The van der Waals surface area contributed by atoms with Gasteiger partial charge in [0.05, 0.1) is 0 Å². The summed E-state index contributed by atoms with van der Waals surface area (Å²) in [6.07, 6.45) is 9.15. The maximum atomic E-state index is 5.59. The van der Waals surface area contributed by atoms with Crippen molar-refractivity contribution in [3.63, 3.8) is 0 Å². The molecule has 1 unspecified atom stereocenters. The predicted octanol–water partition coefficient (Wildman–Crippen LogP) is 3.24. The molecule has 1 fully saturated rings. The topological polar surface area (TPSA) is 38.0 Å². The molecule has 2 nitrogen and oxygen atoms in total. The second-order valence-corrected chi connectivity index (χ2v) is 6.10. The summed E-state index contributed by atoms with van der Waals surface area (Å²) in [4.78, 5) is 0. The first-order valence-electron chi connectivity index (χ1n) is 6.50. The number of rotatable bonds is 7. The molecule has 16 heavy (non-hydrogen) atoms. The second-order valence-electron chi connectivity index (χ2n) is 4.76. The van der Waals surface area contributed by atoms with E-state index in [1.165, 1.54) is 37.7 Å². The zero-order chi connectivity index (χ0) is 11.8. The molecule has 0 radical (unpaired) electrons. The Hall–Kier alpha value is 0.01000. The third kappa shape index (κ3) is 5.37. The van der Waals surface area contributed by atoms with Crippen LogP contribution in [0.3, 0.4) is 0 Å². The van der Waals surface area contributed by atoms with Gasteiger partial charge in [0.1, 0.15) is 0 Å². The fourth-order valence-corrected chi connectivity index (χ4v) is 3.53. The van der Waals surface area contributed by atoms with E-state index in [1.807, 2.05) is 0 Å². The first-order chi connectivity index (χ1) is 7.76. The highest BCUT2D eigenvalue weighted by atomic mass is 32.2. The van der Waals surface area contributed by atoms with E-state index in [0.29, 0.717) is 6.04 Å². The average molecular weight is 242 g/mol. The lowest BCUT2D eigenvalue weighted by Crippen LogP contribution is -2.37. The van der Waals surface area contributed by atoms with E-state index < -0.39 is 0 Å². The van der Waals surface area contributed by atoms with E-state index >= 15 is 0 Å². The van der Waals surface area contributed by atoms with Crippen molar-refractivity contribution in [3.05, 3.63) is 12.2 Å². The van der Waals surface area contributed by atoms with Crippen molar-refractivity contribution in [1.82, 2.24) is 5.43 Å². The summed E-state index contributed by atoms with van der Waals surface area (Å²) in [5, 5.41) is 0.875. The van der Waals surface area contributed by atoms with Crippen LogP contribution in [0.2, 0.25) is 0 Å². The third-order valence-corrected chi connectivity index (χ3v) is 4.89. The van der Waals surface area contributed by atoms with E-state index in [4.69, 9.17) is 5.84 Å². The second kappa shape index (κ2) is 8.15. The fourth-order valence-electron chi connectivity index (χ4n) is 2.14. The summed E-state index contributed by atoms with van der Waals surface area (Å²) in [5.74, 6) is 6.71. The van der Waals surface area contributed by atoms with Crippen LogP contribution in [0.25, 0.3) is 0 Å². The summed E-state index contributed by atoms with van der Waals surface area (Å²) in [6.45, 7) is 6.21. The molecular formula is C13H26N2S. The van der Waals surface area contributed by atoms with Gasteiger partial charge >= 0.3 is 0 Å². The van der Waals surface area contributed by atoms with Gasteiger partial charge in [-0.15, -0.1) is 0 Å². The van der Waals surface area contributed by atoms with Crippen LogP contribution >= 0.6 is 11.8 Å². The molecule has 3 N–H and O–H groups in total. The molecule has 1 saturated carbocycles. The zero-order valence-electron chi connectivity index (χ0n) is 10.5. The van der Waals surface area contributed by atoms with E-state index in [-0.39, 0.29) is 0 Å². The van der Waals surface area contributed by atoms with Crippen LogP contribution in [0.5, 0.6) is 0 Å². The van der Waals surface area contributed by atoms with Crippen molar-refractivity contribution in [2.45, 2.75) is 63.2 Å². The Labute approximate surface area is 104 Å². The van der Waals surface area contributed by atoms with Crippen LogP contribution in [0.4, 0.5) is 0 Å². The van der Waals surface area contributed by atoms with Gasteiger partial charge in [-0.3, -0.25) is 11.3 Å². The molecule has 0 bridgehead atoms. The van der Waals surface area contributed by atoms with E-state index in [0.717, 1.165) is 23.8 Å². The predicted molar refractivity (Wildman–Crippen MR) is 74.5 cm³/mol. The molecule has 1 atom stereocenters.